The Hall–Kier alpha value is -8.52. The molecule has 0 saturated carbocycles. The molecule has 0 aliphatic carbocycles. The minimum Gasteiger partial charge on any atom is -0.489 e. The molecule has 20 nitrogen and oxygen atoms in total. The number of carbonyl (C=O) groups is 6. The summed E-state index contributed by atoms with van der Waals surface area (Å²) >= 11 is 0. The van der Waals surface area contributed by atoms with Crippen LogP contribution in [0.3, 0.4) is 0 Å². The van der Waals surface area contributed by atoms with Crippen LogP contribution in [0, 0.1) is 11.1 Å². The molecule has 2 aliphatic rings. The molecule has 0 bridgehead atoms. The van der Waals surface area contributed by atoms with Gasteiger partial charge in [-0.3, -0.25) is 34.2 Å². The van der Waals surface area contributed by atoms with Gasteiger partial charge in [0.1, 0.15) is 48.2 Å². The molecule has 8 rings (SSSR count). The third-order valence-corrected chi connectivity index (χ3v) is 10.4. The van der Waals surface area contributed by atoms with Gasteiger partial charge in [-0.25, -0.2) is 15.9 Å². The predicted molar refractivity (Wildman–Crippen MR) is 241 cm³/mol. The standard InChI is InChI=1S/C23H23N5O4.C23H22N4O5.H2N2.H2/c1-28-19-10-15(20(29)12-24)7-8-21(19)32-13-18(23(28)31)25-22(30)17-11-16(26-27-17)9-14-5-3-2-4-6-14;1-27-19-11-15(23(30)31-2)8-9-20(19)32-13-18(22(27)29)24-21(28)17-12-16(25-26-17)10-14-6-4-3-5-7-14;1-2;/h2-8,10-11,18H,9,12-13,24H2,1H3,(H,25,30)(H,26,27);3-9,11-12,18H,10,13H2,1-2H3,(H,24,28)(H,25,26);1-2H;1H/t2*18-;;/m00../s1. The topological polar surface area (TPSA) is 292 Å². The maximum atomic E-state index is 13.0. The fourth-order valence-electron chi connectivity index (χ4n) is 6.97. The summed E-state index contributed by atoms with van der Waals surface area (Å²) in [6.45, 7) is -0.236. The van der Waals surface area contributed by atoms with Crippen LogP contribution in [0.2, 0.25) is 0 Å². The van der Waals surface area contributed by atoms with Crippen molar-refractivity contribution in [2.45, 2.75) is 24.9 Å². The van der Waals surface area contributed by atoms with E-state index in [1.807, 2.05) is 60.7 Å². The van der Waals surface area contributed by atoms with Crippen LogP contribution >= 0.6 is 0 Å². The van der Waals surface area contributed by atoms with E-state index in [0.717, 1.165) is 22.5 Å². The molecule has 0 radical (unpaired) electrons. The predicted octanol–water partition coefficient (Wildman–Crippen LogP) is 4.08. The Morgan fingerprint density at radius 1 is 0.697 bits per heavy atom. The van der Waals surface area contributed by atoms with Gasteiger partial charge in [0, 0.05) is 45.3 Å². The van der Waals surface area contributed by atoms with Gasteiger partial charge >= 0.3 is 5.97 Å². The Bertz CT molecular complexity index is 2530. The van der Waals surface area contributed by atoms with Crippen LogP contribution in [-0.4, -0.2) is 109 Å². The molecule has 4 amide bonds. The van der Waals surface area contributed by atoms with Gasteiger partial charge in [-0.2, -0.15) is 10.2 Å². The van der Waals surface area contributed by atoms with E-state index in [1.165, 1.54) is 23.0 Å². The number of aromatic nitrogens is 4. The number of rotatable bonds is 11. The number of hydrogen-bond acceptors (Lipinski definition) is 14. The van der Waals surface area contributed by atoms with Crippen molar-refractivity contribution in [3.05, 3.63) is 154 Å². The molecule has 342 valence electrons. The molecule has 4 heterocycles. The number of esters is 1. The lowest BCUT2D eigenvalue weighted by molar-refractivity contribution is -0.121. The van der Waals surface area contributed by atoms with Crippen LogP contribution in [0.1, 0.15) is 65.6 Å². The van der Waals surface area contributed by atoms with Crippen molar-refractivity contribution in [3.63, 3.8) is 0 Å². The summed E-state index contributed by atoms with van der Waals surface area (Å²) in [5.74, 6) is -1.61. The first-order valence-corrected chi connectivity index (χ1v) is 20.4. The maximum absolute atomic E-state index is 13.0. The lowest BCUT2D eigenvalue weighted by Crippen LogP contribution is -2.49. The van der Waals surface area contributed by atoms with Crippen LogP contribution in [0.4, 0.5) is 11.4 Å². The normalized spacial score (nSPS) is 15.0. The summed E-state index contributed by atoms with van der Waals surface area (Å²) in [5, 5.41) is 19.2. The second-order valence-electron chi connectivity index (χ2n) is 14.8. The number of hydrogen-bond donors (Lipinski definition) is 7. The Balaban J connectivity index is 0.000000238. The van der Waals surface area contributed by atoms with Crippen LogP contribution in [-0.2, 0) is 27.2 Å². The van der Waals surface area contributed by atoms with E-state index < -0.39 is 29.9 Å². The highest BCUT2D eigenvalue weighted by Crippen LogP contribution is 2.33. The number of ketones is 1. The van der Waals surface area contributed by atoms with Gasteiger partial charge in [0.2, 0.25) is 0 Å². The number of carbonyl (C=O) groups excluding carboxylic acids is 6. The maximum Gasteiger partial charge on any atom is 0.337 e. The van der Waals surface area contributed by atoms with Gasteiger partial charge in [-0.1, -0.05) is 60.7 Å². The van der Waals surface area contributed by atoms with E-state index in [1.54, 1.807) is 56.6 Å². The van der Waals surface area contributed by atoms with E-state index in [4.69, 9.17) is 31.0 Å². The smallest absolute Gasteiger partial charge is 0.337 e. The Morgan fingerprint density at radius 2 is 1.12 bits per heavy atom. The van der Waals surface area contributed by atoms with Crippen molar-refractivity contribution in [1.82, 2.24) is 31.0 Å². The number of H-pyrrole nitrogens is 2. The summed E-state index contributed by atoms with van der Waals surface area (Å²) in [6.07, 6.45) is 1.21. The highest BCUT2D eigenvalue weighted by atomic mass is 16.5. The van der Waals surface area contributed by atoms with Crippen molar-refractivity contribution in [2.24, 2.45) is 5.73 Å². The molecule has 66 heavy (non-hydrogen) atoms. The van der Waals surface area contributed by atoms with Gasteiger partial charge in [0.15, 0.2) is 5.78 Å². The number of amides is 4. The third-order valence-electron chi connectivity index (χ3n) is 10.4. The van der Waals surface area contributed by atoms with Crippen molar-refractivity contribution >= 4 is 46.8 Å². The molecule has 6 aromatic rings. The quantitative estimate of drug-likeness (QED) is 0.0550. The van der Waals surface area contributed by atoms with Gasteiger partial charge in [0.25, 0.3) is 23.6 Å². The number of nitrogens with one attached hydrogen (secondary N) is 6. The number of benzene rings is 4. The van der Waals surface area contributed by atoms with Crippen LogP contribution in [0.5, 0.6) is 11.5 Å². The van der Waals surface area contributed by atoms with Gasteiger partial charge in [0.05, 0.1) is 30.6 Å². The monoisotopic (exact) mass is 899 g/mol. The number of ether oxygens (including phenoxy) is 3. The third kappa shape index (κ3) is 11.2. The first-order chi connectivity index (χ1) is 31.9. The minimum atomic E-state index is -0.921. The molecule has 20 heteroatoms. The molecule has 0 saturated heterocycles. The van der Waals surface area contributed by atoms with Crippen molar-refractivity contribution < 1.29 is 44.4 Å². The SMILES string of the molecule is CN1C(=O)[C@@H](NC(=O)c2cc(Cc3ccccc3)[nH]n2)COc2ccc(C(=O)CN)cc21.COC(=O)c1ccc2c(c1)N(C)C(=O)[C@@H](NC(=O)c1cc(Cc3ccccc3)[nH]n1)CO2.N=N.[HH]. The summed E-state index contributed by atoms with van der Waals surface area (Å²) in [4.78, 5) is 77.8. The lowest BCUT2D eigenvalue weighted by Gasteiger charge is -2.20. The number of nitrogens with zero attached hydrogens (tertiary/aromatic N) is 4. The zero-order valence-electron chi connectivity index (χ0n) is 36.1. The van der Waals surface area contributed by atoms with Gasteiger partial charge < -0.3 is 40.4 Å². The first kappa shape index (κ1) is 47.0. The number of anilines is 2. The Labute approximate surface area is 379 Å². The Morgan fingerprint density at radius 3 is 1.55 bits per heavy atom. The summed E-state index contributed by atoms with van der Waals surface area (Å²) < 4.78 is 16.2. The molecule has 0 unspecified atom stereocenters. The molecule has 0 spiro atoms. The van der Waals surface area contributed by atoms with Gasteiger partial charge in [-0.05, 0) is 59.7 Å². The number of methoxy groups -OCH3 is 1. The molecule has 2 atom stereocenters. The second kappa shape index (κ2) is 21.7. The number of fused-ring (bicyclic) bond motifs is 2. The lowest BCUT2D eigenvalue weighted by atomic mass is 10.1. The Kier molecular flexibility index (Phi) is 15.5. The highest BCUT2D eigenvalue weighted by Gasteiger charge is 2.33. The molecular formula is C46H49N11O9. The van der Waals surface area contributed by atoms with Crippen LogP contribution in [0.15, 0.2) is 109 Å². The molecule has 2 aliphatic heterocycles. The van der Waals surface area contributed by atoms with Gasteiger partial charge in [-0.15, -0.1) is 0 Å². The minimum absolute atomic E-state index is 0. The van der Waals surface area contributed by atoms with E-state index in [2.05, 4.69) is 31.0 Å². The molecular weight excluding hydrogens is 851 g/mol. The zero-order valence-corrected chi connectivity index (χ0v) is 36.1. The zero-order chi connectivity index (χ0) is 47.3. The molecule has 0 fully saturated rings. The second-order valence-corrected chi connectivity index (χ2v) is 14.8. The van der Waals surface area contributed by atoms with Crippen LogP contribution < -0.4 is 35.6 Å². The van der Waals surface area contributed by atoms with Crippen molar-refractivity contribution in [3.8, 4) is 11.5 Å². The summed E-state index contributed by atoms with van der Waals surface area (Å²) in [5.41, 5.74) is 21.1. The van der Waals surface area contributed by atoms with Crippen molar-refractivity contribution in [1.29, 1.82) is 11.1 Å². The number of nitrogens with two attached hydrogens (primary N) is 1. The molecule has 4 aromatic carbocycles. The largest absolute Gasteiger partial charge is 0.489 e. The fourth-order valence-corrected chi connectivity index (χ4v) is 6.97. The highest BCUT2D eigenvalue weighted by molar-refractivity contribution is 6.05. The molecule has 8 N–H and O–H groups in total. The van der Waals surface area contributed by atoms with E-state index in [9.17, 15) is 28.8 Å². The van der Waals surface area contributed by atoms with E-state index in [0.29, 0.717) is 46.8 Å². The summed E-state index contributed by atoms with van der Waals surface area (Å²) in [6, 6.07) is 30.5. The average molecular weight is 900 g/mol. The summed E-state index contributed by atoms with van der Waals surface area (Å²) in [7, 11) is 4.41. The number of Topliss-reactive ketones (excluding diaryl/α,β-unsaturated/α-hetero) is 1. The average Bonchev–Trinajstić information content (AvgIpc) is 3.99. The number of aromatic amines is 2. The van der Waals surface area contributed by atoms with E-state index in [-0.39, 0.29) is 50.2 Å². The van der Waals surface area contributed by atoms with Crippen LogP contribution in [0.25, 0.3) is 0 Å². The fraction of sp³-hybridized carbons (Fsp3) is 0.217. The first-order valence-electron chi connectivity index (χ1n) is 20.4. The molecule has 2 aromatic heterocycles. The van der Waals surface area contributed by atoms with E-state index >= 15 is 0 Å². The van der Waals surface area contributed by atoms with Crippen molar-refractivity contribution in [2.75, 3.05) is 50.8 Å². The number of likely N-dealkylation sites (N-methyl/N-ethyl adjacent to an activating group) is 2.